The van der Waals surface area contributed by atoms with Gasteiger partial charge < -0.3 is 10.1 Å². The molecule has 88 valence electrons. The molecule has 0 rings (SSSR count). The van der Waals surface area contributed by atoms with Gasteiger partial charge in [0.25, 0.3) is 0 Å². The first-order valence-electron chi connectivity index (χ1n) is 5.22. The third kappa shape index (κ3) is 5.93. The Morgan fingerprint density at radius 2 is 1.93 bits per heavy atom. The summed E-state index contributed by atoms with van der Waals surface area (Å²) in [6, 6.07) is 0.0819. The molecule has 5 heteroatoms. The fourth-order valence-corrected chi connectivity index (χ4v) is 1.06. The van der Waals surface area contributed by atoms with Crippen molar-refractivity contribution >= 4 is 12.0 Å². The van der Waals surface area contributed by atoms with Gasteiger partial charge in [0.05, 0.1) is 6.61 Å². The summed E-state index contributed by atoms with van der Waals surface area (Å²) < 4.78 is 4.81. The standard InChI is InChI=1S/C10H20N2O3/c1-5-12(10(14)15-6-2)7-9(13)11-8(3)4/h8H,5-7H2,1-4H3,(H,11,13). The molecule has 0 aromatic heterocycles. The van der Waals surface area contributed by atoms with Crippen molar-refractivity contribution in [3.05, 3.63) is 0 Å². The number of carbonyl (C=O) groups excluding carboxylic acids is 2. The summed E-state index contributed by atoms with van der Waals surface area (Å²) in [4.78, 5) is 24.1. The van der Waals surface area contributed by atoms with E-state index in [4.69, 9.17) is 4.74 Å². The van der Waals surface area contributed by atoms with Crippen LogP contribution in [0.25, 0.3) is 0 Å². The summed E-state index contributed by atoms with van der Waals surface area (Å²) in [5, 5.41) is 2.72. The van der Waals surface area contributed by atoms with Gasteiger partial charge in [-0.2, -0.15) is 0 Å². The predicted molar refractivity (Wildman–Crippen MR) is 57.5 cm³/mol. The van der Waals surface area contributed by atoms with E-state index < -0.39 is 6.09 Å². The van der Waals surface area contributed by atoms with E-state index in [1.807, 2.05) is 13.8 Å². The molecule has 15 heavy (non-hydrogen) atoms. The predicted octanol–water partition coefficient (Wildman–Crippen LogP) is 0.989. The zero-order valence-electron chi connectivity index (χ0n) is 9.87. The molecule has 0 radical (unpaired) electrons. The van der Waals surface area contributed by atoms with Crippen LogP contribution in [-0.2, 0) is 9.53 Å². The van der Waals surface area contributed by atoms with E-state index in [2.05, 4.69) is 5.32 Å². The highest BCUT2D eigenvalue weighted by Crippen LogP contribution is 1.94. The zero-order chi connectivity index (χ0) is 11.8. The molecule has 0 aliphatic heterocycles. The van der Waals surface area contributed by atoms with Gasteiger partial charge in [0.15, 0.2) is 0 Å². The zero-order valence-corrected chi connectivity index (χ0v) is 9.87. The van der Waals surface area contributed by atoms with Crippen LogP contribution in [0.5, 0.6) is 0 Å². The number of nitrogens with zero attached hydrogens (tertiary/aromatic N) is 1. The van der Waals surface area contributed by atoms with Crippen LogP contribution in [0.1, 0.15) is 27.7 Å². The van der Waals surface area contributed by atoms with Gasteiger partial charge in [-0.05, 0) is 27.7 Å². The van der Waals surface area contributed by atoms with E-state index in [9.17, 15) is 9.59 Å². The summed E-state index contributed by atoms with van der Waals surface area (Å²) in [5.41, 5.74) is 0. The average Bonchev–Trinajstić information content (AvgIpc) is 2.13. The van der Waals surface area contributed by atoms with E-state index in [1.165, 1.54) is 4.90 Å². The van der Waals surface area contributed by atoms with Crippen LogP contribution >= 0.6 is 0 Å². The van der Waals surface area contributed by atoms with Crippen LogP contribution in [0.3, 0.4) is 0 Å². The fourth-order valence-electron chi connectivity index (χ4n) is 1.06. The molecule has 0 aromatic rings. The summed E-state index contributed by atoms with van der Waals surface area (Å²) in [7, 11) is 0. The van der Waals surface area contributed by atoms with Gasteiger partial charge in [0.1, 0.15) is 6.54 Å². The van der Waals surface area contributed by atoms with Crippen molar-refractivity contribution in [1.29, 1.82) is 0 Å². The van der Waals surface area contributed by atoms with E-state index in [1.54, 1.807) is 13.8 Å². The Labute approximate surface area is 90.8 Å². The quantitative estimate of drug-likeness (QED) is 0.745. The van der Waals surface area contributed by atoms with Crippen molar-refractivity contribution in [3.8, 4) is 0 Å². The lowest BCUT2D eigenvalue weighted by molar-refractivity contribution is -0.122. The highest BCUT2D eigenvalue weighted by atomic mass is 16.6. The van der Waals surface area contributed by atoms with E-state index in [0.29, 0.717) is 13.2 Å². The van der Waals surface area contributed by atoms with E-state index in [0.717, 1.165) is 0 Å². The van der Waals surface area contributed by atoms with Crippen LogP contribution in [0.2, 0.25) is 0 Å². The first-order valence-corrected chi connectivity index (χ1v) is 5.22. The Kier molecular flexibility index (Phi) is 6.49. The van der Waals surface area contributed by atoms with Gasteiger partial charge in [-0.15, -0.1) is 0 Å². The van der Waals surface area contributed by atoms with E-state index >= 15 is 0 Å². The van der Waals surface area contributed by atoms with Crippen molar-refractivity contribution in [2.75, 3.05) is 19.7 Å². The highest BCUT2D eigenvalue weighted by Gasteiger charge is 2.16. The molecule has 2 amide bonds. The fraction of sp³-hybridized carbons (Fsp3) is 0.800. The normalized spacial score (nSPS) is 9.93. The van der Waals surface area contributed by atoms with Gasteiger partial charge >= 0.3 is 6.09 Å². The summed E-state index contributed by atoms with van der Waals surface area (Å²) >= 11 is 0. The Bertz CT molecular complexity index is 217. The lowest BCUT2D eigenvalue weighted by atomic mass is 10.4. The molecule has 0 aliphatic carbocycles. The topological polar surface area (TPSA) is 58.6 Å². The van der Waals surface area contributed by atoms with Gasteiger partial charge in [-0.1, -0.05) is 0 Å². The van der Waals surface area contributed by atoms with Crippen LogP contribution in [-0.4, -0.2) is 42.6 Å². The second-order valence-electron chi connectivity index (χ2n) is 3.44. The molecular weight excluding hydrogens is 196 g/mol. The largest absolute Gasteiger partial charge is 0.450 e. The Morgan fingerprint density at radius 1 is 1.33 bits per heavy atom. The summed E-state index contributed by atoms with van der Waals surface area (Å²) in [6.45, 7) is 8.12. The highest BCUT2D eigenvalue weighted by molar-refractivity contribution is 5.82. The van der Waals surface area contributed by atoms with E-state index in [-0.39, 0.29) is 18.5 Å². The number of hydrogen-bond donors (Lipinski definition) is 1. The molecule has 5 nitrogen and oxygen atoms in total. The minimum Gasteiger partial charge on any atom is -0.450 e. The third-order valence-corrected chi connectivity index (χ3v) is 1.69. The van der Waals surface area contributed by atoms with Gasteiger partial charge in [-0.3, -0.25) is 9.69 Å². The minimum atomic E-state index is -0.445. The molecule has 0 saturated carbocycles. The van der Waals surface area contributed by atoms with Crippen molar-refractivity contribution in [2.24, 2.45) is 0 Å². The number of nitrogens with one attached hydrogen (secondary N) is 1. The molecule has 0 atom stereocenters. The molecule has 0 aliphatic rings. The number of carbonyl (C=O) groups is 2. The van der Waals surface area contributed by atoms with Crippen molar-refractivity contribution in [1.82, 2.24) is 10.2 Å². The maximum Gasteiger partial charge on any atom is 0.410 e. The van der Waals surface area contributed by atoms with Crippen LogP contribution in [0, 0.1) is 0 Å². The molecule has 0 bridgehead atoms. The maximum atomic E-state index is 11.4. The van der Waals surface area contributed by atoms with Crippen LogP contribution in [0.4, 0.5) is 4.79 Å². The third-order valence-electron chi connectivity index (χ3n) is 1.69. The number of hydrogen-bond acceptors (Lipinski definition) is 3. The summed E-state index contributed by atoms with van der Waals surface area (Å²) in [6.07, 6.45) is -0.445. The SMILES string of the molecule is CCOC(=O)N(CC)CC(=O)NC(C)C. The maximum absolute atomic E-state index is 11.4. The van der Waals surface area contributed by atoms with Crippen molar-refractivity contribution < 1.29 is 14.3 Å². The molecule has 0 heterocycles. The van der Waals surface area contributed by atoms with Gasteiger partial charge in [0, 0.05) is 12.6 Å². The monoisotopic (exact) mass is 216 g/mol. The Balaban J connectivity index is 4.08. The molecule has 0 fully saturated rings. The lowest BCUT2D eigenvalue weighted by Crippen LogP contribution is -2.42. The lowest BCUT2D eigenvalue weighted by Gasteiger charge is -2.20. The Morgan fingerprint density at radius 3 is 2.33 bits per heavy atom. The molecule has 0 unspecified atom stereocenters. The number of ether oxygens (including phenoxy) is 1. The van der Waals surface area contributed by atoms with Gasteiger partial charge in [0.2, 0.25) is 5.91 Å². The smallest absolute Gasteiger partial charge is 0.410 e. The molecule has 0 spiro atoms. The van der Waals surface area contributed by atoms with Crippen molar-refractivity contribution in [2.45, 2.75) is 33.7 Å². The average molecular weight is 216 g/mol. The van der Waals surface area contributed by atoms with Crippen molar-refractivity contribution in [3.63, 3.8) is 0 Å². The number of rotatable bonds is 5. The Hall–Kier alpha value is -1.26. The minimum absolute atomic E-state index is 0.0491. The van der Waals surface area contributed by atoms with Crippen LogP contribution < -0.4 is 5.32 Å². The van der Waals surface area contributed by atoms with Gasteiger partial charge in [-0.25, -0.2) is 4.79 Å². The molecule has 0 aromatic carbocycles. The first-order chi connectivity index (χ1) is 7.01. The first kappa shape index (κ1) is 13.7. The van der Waals surface area contributed by atoms with Crippen LogP contribution in [0.15, 0.2) is 0 Å². The number of likely N-dealkylation sites (N-methyl/N-ethyl adjacent to an activating group) is 1. The second kappa shape index (κ2) is 7.09. The molecule has 0 saturated heterocycles. The molecular formula is C10H20N2O3. The summed E-state index contributed by atoms with van der Waals surface area (Å²) in [5.74, 6) is -0.167. The molecule has 1 N–H and O–H groups in total. The number of amides is 2. The second-order valence-corrected chi connectivity index (χ2v) is 3.44.